The molecule has 1 saturated heterocycles. The SMILES string of the molecule is O=C(CCC1CCCO1)Nc1n[nH]c(C(F)(F)F)n1. The number of aromatic nitrogens is 3. The van der Waals surface area contributed by atoms with E-state index in [4.69, 9.17) is 4.74 Å². The number of H-pyrrole nitrogens is 1. The monoisotopic (exact) mass is 278 g/mol. The van der Waals surface area contributed by atoms with Crippen molar-refractivity contribution in [3.05, 3.63) is 5.82 Å². The molecule has 0 bridgehead atoms. The van der Waals surface area contributed by atoms with Gasteiger partial charge in [0.1, 0.15) is 0 Å². The fourth-order valence-electron chi connectivity index (χ4n) is 1.80. The van der Waals surface area contributed by atoms with Crippen molar-refractivity contribution in [2.75, 3.05) is 11.9 Å². The van der Waals surface area contributed by atoms with Crippen molar-refractivity contribution >= 4 is 11.9 Å². The summed E-state index contributed by atoms with van der Waals surface area (Å²) in [6.07, 6.45) is -1.95. The second-order valence-corrected chi connectivity index (χ2v) is 4.23. The van der Waals surface area contributed by atoms with Crippen molar-refractivity contribution in [3.8, 4) is 0 Å². The lowest BCUT2D eigenvalue weighted by atomic mass is 10.1. The Labute approximate surface area is 106 Å². The molecule has 1 aliphatic rings. The van der Waals surface area contributed by atoms with Crippen LogP contribution in [0.15, 0.2) is 0 Å². The lowest BCUT2D eigenvalue weighted by molar-refractivity contribution is -0.144. The van der Waals surface area contributed by atoms with Gasteiger partial charge in [0.15, 0.2) is 0 Å². The average Bonchev–Trinajstić information content (AvgIpc) is 2.95. The highest BCUT2D eigenvalue weighted by Crippen LogP contribution is 2.26. The van der Waals surface area contributed by atoms with Crippen LogP contribution in [0.25, 0.3) is 0 Å². The number of amides is 1. The number of halogens is 3. The van der Waals surface area contributed by atoms with Crippen LogP contribution in [0.3, 0.4) is 0 Å². The number of aromatic amines is 1. The third-order valence-electron chi connectivity index (χ3n) is 2.72. The normalized spacial score (nSPS) is 19.6. The molecule has 1 unspecified atom stereocenters. The minimum atomic E-state index is -4.60. The summed E-state index contributed by atoms with van der Waals surface area (Å²) >= 11 is 0. The Morgan fingerprint density at radius 3 is 2.89 bits per heavy atom. The van der Waals surface area contributed by atoms with Crippen LogP contribution in [0.1, 0.15) is 31.5 Å². The summed E-state index contributed by atoms with van der Waals surface area (Å²) in [5.41, 5.74) is 0. The average molecular weight is 278 g/mol. The largest absolute Gasteiger partial charge is 0.451 e. The van der Waals surface area contributed by atoms with E-state index in [9.17, 15) is 18.0 Å². The number of rotatable bonds is 4. The van der Waals surface area contributed by atoms with Gasteiger partial charge < -0.3 is 4.74 Å². The predicted molar refractivity (Wildman–Crippen MR) is 58.2 cm³/mol. The molecular formula is C10H13F3N4O2. The minimum absolute atomic E-state index is 0.0589. The molecule has 1 amide bonds. The molecule has 9 heteroatoms. The molecule has 0 spiro atoms. The molecule has 1 aromatic heterocycles. The van der Waals surface area contributed by atoms with E-state index in [1.165, 1.54) is 0 Å². The van der Waals surface area contributed by atoms with Gasteiger partial charge in [-0.3, -0.25) is 15.2 Å². The van der Waals surface area contributed by atoms with Gasteiger partial charge in [0.25, 0.3) is 0 Å². The van der Waals surface area contributed by atoms with Crippen LogP contribution in [0.2, 0.25) is 0 Å². The Bertz CT molecular complexity index is 440. The van der Waals surface area contributed by atoms with Gasteiger partial charge in [-0.05, 0) is 19.3 Å². The van der Waals surface area contributed by atoms with Crippen LogP contribution in [0.4, 0.5) is 19.1 Å². The molecule has 1 aromatic rings. The van der Waals surface area contributed by atoms with E-state index in [1.807, 2.05) is 0 Å². The number of anilines is 1. The van der Waals surface area contributed by atoms with Gasteiger partial charge in [-0.1, -0.05) is 0 Å². The predicted octanol–water partition coefficient (Wildman–Crippen LogP) is 1.72. The summed E-state index contributed by atoms with van der Waals surface area (Å²) in [5.74, 6) is -2.03. The fraction of sp³-hybridized carbons (Fsp3) is 0.700. The molecule has 0 aromatic carbocycles. The first-order chi connectivity index (χ1) is 8.95. The number of alkyl halides is 3. The van der Waals surface area contributed by atoms with Crippen LogP contribution in [-0.2, 0) is 15.7 Å². The first-order valence-electron chi connectivity index (χ1n) is 5.86. The van der Waals surface area contributed by atoms with E-state index >= 15 is 0 Å². The lowest BCUT2D eigenvalue weighted by Crippen LogP contribution is -2.16. The van der Waals surface area contributed by atoms with E-state index in [0.717, 1.165) is 12.8 Å². The summed E-state index contributed by atoms with van der Waals surface area (Å²) in [4.78, 5) is 14.6. The van der Waals surface area contributed by atoms with Crippen LogP contribution < -0.4 is 5.32 Å². The zero-order chi connectivity index (χ0) is 13.9. The summed E-state index contributed by atoms with van der Waals surface area (Å²) in [6.45, 7) is 0.697. The first-order valence-corrected chi connectivity index (χ1v) is 5.86. The van der Waals surface area contributed by atoms with Crippen molar-refractivity contribution in [2.24, 2.45) is 0 Å². The number of nitrogens with zero attached hydrogens (tertiary/aromatic N) is 2. The lowest BCUT2D eigenvalue weighted by Gasteiger charge is -2.07. The smallest absolute Gasteiger partial charge is 0.378 e. The third kappa shape index (κ3) is 3.91. The Hall–Kier alpha value is -1.64. The minimum Gasteiger partial charge on any atom is -0.378 e. The molecule has 1 fully saturated rings. The summed E-state index contributed by atoms with van der Waals surface area (Å²) < 4.78 is 42.0. The van der Waals surface area contributed by atoms with Crippen LogP contribution in [-0.4, -0.2) is 33.8 Å². The zero-order valence-corrected chi connectivity index (χ0v) is 9.96. The van der Waals surface area contributed by atoms with Gasteiger partial charge in [0, 0.05) is 13.0 Å². The Morgan fingerprint density at radius 2 is 2.32 bits per heavy atom. The molecule has 2 heterocycles. The first kappa shape index (κ1) is 13.8. The highest BCUT2D eigenvalue weighted by molar-refractivity contribution is 5.88. The number of hydrogen-bond donors (Lipinski definition) is 2. The zero-order valence-electron chi connectivity index (χ0n) is 9.96. The summed E-state index contributed by atoms with van der Waals surface area (Å²) in [5, 5.41) is 7.22. The summed E-state index contributed by atoms with van der Waals surface area (Å²) in [6, 6.07) is 0. The molecule has 6 nitrogen and oxygen atoms in total. The van der Waals surface area contributed by atoms with E-state index in [1.54, 1.807) is 5.10 Å². The maximum atomic E-state index is 12.2. The maximum Gasteiger partial charge on any atom is 0.451 e. The molecule has 1 aliphatic heterocycles. The number of ether oxygens (including phenoxy) is 1. The second kappa shape index (κ2) is 5.55. The van der Waals surface area contributed by atoms with E-state index in [0.29, 0.717) is 13.0 Å². The molecule has 0 saturated carbocycles. The molecule has 106 valence electrons. The van der Waals surface area contributed by atoms with E-state index in [-0.39, 0.29) is 18.5 Å². The van der Waals surface area contributed by atoms with Crippen molar-refractivity contribution in [1.29, 1.82) is 0 Å². The van der Waals surface area contributed by atoms with E-state index < -0.39 is 17.9 Å². The third-order valence-corrected chi connectivity index (χ3v) is 2.72. The van der Waals surface area contributed by atoms with Crippen LogP contribution >= 0.6 is 0 Å². The number of nitrogens with one attached hydrogen (secondary N) is 2. The second-order valence-electron chi connectivity index (χ2n) is 4.23. The molecule has 0 aliphatic carbocycles. The van der Waals surface area contributed by atoms with E-state index in [2.05, 4.69) is 15.4 Å². The molecule has 2 N–H and O–H groups in total. The number of hydrogen-bond acceptors (Lipinski definition) is 4. The Morgan fingerprint density at radius 1 is 1.53 bits per heavy atom. The van der Waals surface area contributed by atoms with Gasteiger partial charge in [-0.2, -0.15) is 18.2 Å². The standard InChI is InChI=1S/C10H13F3N4O2/c11-10(12,13)8-15-9(17-16-8)14-7(18)4-3-6-2-1-5-19-6/h6H,1-5H2,(H2,14,15,16,17,18). The molecule has 0 radical (unpaired) electrons. The summed E-state index contributed by atoms with van der Waals surface area (Å²) in [7, 11) is 0. The van der Waals surface area contributed by atoms with Crippen molar-refractivity contribution in [1.82, 2.24) is 15.2 Å². The highest BCUT2D eigenvalue weighted by Gasteiger charge is 2.35. The molecule has 19 heavy (non-hydrogen) atoms. The van der Waals surface area contributed by atoms with Crippen molar-refractivity contribution in [2.45, 2.75) is 38.0 Å². The highest BCUT2D eigenvalue weighted by atomic mass is 19.4. The molecular weight excluding hydrogens is 265 g/mol. The molecule has 1 atom stereocenters. The van der Waals surface area contributed by atoms with Crippen molar-refractivity contribution in [3.63, 3.8) is 0 Å². The Kier molecular flexibility index (Phi) is 4.03. The molecule has 2 rings (SSSR count). The number of carbonyl (C=O) groups excluding carboxylic acids is 1. The van der Waals surface area contributed by atoms with Gasteiger partial charge in [-0.15, -0.1) is 5.10 Å². The van der Waals surface area contributed by atoms with Crippen molar-refractivity contribution < 1.29 is 22.7 Å². The van der Waals surface area contributed by atoms with Gasteiger partial charge in [0.05, 0.1) is 6.10 Å². The fourth-order valence-corrected chi connectivity index (χ4v) is 1.80. The van der Waals surface area contributed by atoms with Gasteiger partial charge in [-0.25, -0.2) is 0 Å². The number of carbonyl (C=O) groups is 1. The van der Waals surface area contributed by atoms with Crippen LogP contribution in [0.5, 0.6) is 0 Å². The van der Waals surface area contributed by atoms with Gasteiger partial charge >= 0.3 is 6.18 Å². The quantitative estimate of drug-likeness (QED) is 0.878. The van der Waals surface area contributed by atoms with Gasteiger partial charge in [0.2, 0.25) is 17.7 Å². The Balaban J connectivity index is 1.80. The topological polar surface area (TPSA) is 79.9 Å². The van der Waals surface area contributed by atoms with Crippen LogP contribution in [0, 0.1) is 0 Å². The maximum absolute atomic E-state index is 12.2.